The van der Waals surface area contributed by atoms with Gasteiger partial charge in [-0.1, -0.05) is 18.9 Å². The molecule has 2 fully saturated rings. The van der Waals surface area contributed by atoms with E-state index in [1.165, 1.54) is 12.8 Å². The third kappa shape index (κ3) is 6.31. The third-order valence-electron chi connectivity index (χ3n) is 7.11. The van der Waals surface area contributed by atoms with Crippen molar-refractivity contribution in [3.63, 3.8) is 0 Å². The number of carbonyl (C=O) groups is 2. The van der Waals surface area contributed by atoms with Crippen LogP contribution in [0.2, 0.25) is 0 Å². The minimum Gasteiger partial charge on any atom is -0.497 e. The first-order chi connectivity index (χ1) is 17.1. The first kappa shape index (κ1) is 25.0. The number of methoxy groups -OCH3 is 2. The SMILES string of the molecule is COc1cc(OC)cc(C(=O)N2CCN(C(C(=O)NCCc3ccccn3)C3CCCC3)CC2)c1. The summed E-state index contributed by atoms with van der Waals surface area (Å²) in [5, 5.41) is 3.16. The van der Waals surface area contributed by atoms with Crippen LogP contribution >= 0.6 is 0 Å². The van der Waals surface area contributed by atoms with Gasteiger partial charge in [-0.15, -0.1) is 0 Å². The summed E-state index contributed by atoms with van der Waals surface area (Å²) in [4.78, 5) is 35.0. The van der Waals surface area contributed by atoms with Crippen LogP contribution in [0, 0.1) is 5.92 Å². The number of rotatable bonds is 9. The molecule has 0 radical (unpaired) electrons. The minimum atomic E-state index is -0.143. The monoisotopic (exact) mass is 480 g/mol. The molecule has 2 amide bonds. The lowest BCUT2D eigenvalue weighted by Crippen LogP contribution is -2.58. The van der Waals surface area contributed by atoms with Crippen molar-refractivity contribution in [2.24, 2.45) is 5.92 Å². The molecule has 0 spiro atoms. The predicted octanol–water partition coefficient (Wildman–Crippen LogP) is 2.77. The fourth-order valence-electron chi connectivity index (χ4n) is 5.23. The minimum absolute atomic E-state index is 0.0425. The molecule has 1 aromatic carbocycles. The number of nitrogens with zero attached hydrogens (tertiary/aromatic N) is 3. The molecule has 1 saturated carbocycles. The second-order valence-corrected chi connectivity index (χ2v) is 9.28. The molecule has 1 atom stereocenters. The Labute approximate surface area is 207 Å². The van der Waals surface area contributed by atoms with Crippen molar-refractivity contribution in [1.29, 1.82) is 0 Å². The molecule has 2 aliphatic rings. The third-order valence-corrected chi connectivity index (χ3v) is 7.11. The van der Waals surface area contributed by atoms with E-state index in [1.807, 2.05) is 23.1 Å². The molecule has 2 heterocycles. The summed E-state index contributed by atoms with van der Waals surface area (Å²) >= 11 is 0. The molecule has 188 valence electrons. The highest BCUT2D eigenvalue weighted by molar-refractivity contribution is 5.95. The Morgan fingerprint density at radius 2 is 1.71 bits per heavy atom. The largest absolute Gasteiger partial charge is 0.497 e. The van der Waals surface area contributed by atoms with E-state index in [4.69, 9.17) is 9.47 Å². The quantitative estimate of drug-likeness (QED) is 0.594. The van der Waals surface area contributed by atoms with E-state index < -0.39 is 0 Å². The van der Waals surface area contributed by atoms with E-state index in [9.17, 15) is 9.59 Å². The van der Waals surface area contributed by atoms with E-state index in [0.29, 0.717) is 55.7 Å². The zero-order chi connectivity index (χ0) is 24.6. The highest BCUT2D eigenvalue weighted by Gasteiger charge is 2.37. The van der Waals surface area contributed by atoms with Crippen molar-refractivity contribution < 1.29 is 19.1 Å². The maximum absolute atomic E-state index is 13.3. The number of amides is 2. The molecule has 35 heavy (non-hydrogen) atoms. The van der Waals surface area contributed by atoms with Crippen LogP contribution in [0.4, 0.5) is 0 Å². The summed E-state index contributed by atoms with van der Waals surface area (Å²) in [6.07, 6.45) is 7.02. The summed E-state index contributed by atoms with van der Waals surface area (Å²) in [6.45, 7) is 3.12. The zero-order valence-electron chi connectivity index (χ0n) is 20.7. The number of pyridine rings is 1. The molecular formula is C27H36N4O4. The summed E-state index contributed by atoms with van der Waals surface area (Å²) in [7, 11) is 3.15. The standard InChI is InChI=1S/C27H36N4O4/c1-34-23-17-21(18-24(19-23)35-2)27(33)31-15-13-30(14-16-31)25(20-7-3-4-8-20)26(32)29-12-10-22-9-5-6-11-28-22/h5-6,9,11,17-20,25H,3-4,7-8,10,12-16H2,1-2H3,(H,29,32). The Hall–Kier alpha value is -3.13. The lowest BCUT2D eigenvalue weighted by atomic mass is 9.95. The number of nitrogens with one attached hydrogen (secondary N) is 1. The summed E-state index contributed by atoms with van der Waals surface area (Å²) in [6, 6.07) is 10.9. The molecule has 2 aromatic rings. The van der Waals surface area contributed by atoms with Crippen molar-refractivity contribution >= 4 is 11.8 Å². The fraction of sp³-hybridized carbons (Fsp3) is 0.519. The van der Waals surface area contributed by atoms with Gasteiger partial charge < -0.3 is 19.7 Å². The number of carbonyl (C=O) groups excluding carboxylic acids is 2. The fourth-order valence-corrected chi connectivity index (χ4v) is 5.23. The number of aromatic nitrogens is 1. The van der Waals surface area contributed by atoms with Gasteiger partial charge in [0.1, 0.15) is 11.5 Å². The maximum Gasteiger partial charge on any atom is 0.254 e. The zero-order valence-corrected chi connectivity index (χ0v) is 20.7. The van der Waals surface area contributed by atoms with E-state index in [2.05, 4.69) is 15.2 Å². The first-order valence-corrected chi connectivity index (χ1v) is 12.5. The first-order valence-electron chi connectivity index (χ1n) is 12.5. The number of benzene rings is 1. The lowest BCUT2D eigenvalue weighted by Gasteiger charge is -2.40. The van der Waals surface area contributed by atoms with Gasteiger partial charge in [-0.25, -0.2) is 0 Å². The Morgan fingerprint density at radius 1 is 1.03 bits per heavy atom. The number of piperazine rings is 1. The van der Waals surface area contributed by atoms with Gasteiger partial charge in [0, 0.05) is 62.7 Å². The van der Waals surface area contributed by atoms with Crippen LogP contribution in [-0.2, 0) is 11.2 Å². The maximum atomic E-state index is 13.3. The molecule has 1 aliphatic carbocycles. The van der Waals surface area contributed by atoms with Crippen LogP contribution in [0.1, 0.15) is 41.7 Å². The van der Waals surface area contributed by atoms with Gasteiger partial charge >= 0.3 is 0 Å². The molecule has 1 N–H and O–H groups in total. The molecular weight excluding hydrogens is 444 g/mol. The van der Waals surface area contributed by atoms with Gasteiger partial charge in [-0.2, -0.15) is 0 Å². The van der Waals surface area contributed by atoms with Crippen molar-refractivity contribution in [3.8, 4) is 11.5 Å². The van der Waals surface area contributed by atoms with Gasteiger partial charge in [0.2, 0.25) is 5.91 Å². The van der Waals surface area contributed by atoms with E-state index >= 15 is 0 Å². The predicted molar refractivity (Wildman–Crippen MR) is 134 cm³/mol. The van der Waals surface area contributed by atoms with Gasteiger partial charge in [0.05, 0.1) is 20.3 Å². The Bertz CT molecular complexity index is 964. The van der Waals surface area contributed by atoms with Crippen molar-refractivity contribution in [2.75, 3.05) is 46.9 Å². The van der Waals surface area contributed by atoms with Crippen LogP contribution in [0.25, 0.3) is 0 Å². The average molecular weight is 481 g/mol. The van der Waals surface area contributed by atoms with Crippen molar-refractivity contribution in [1.82, 2.24) is 20.1 Å². The smallest absolute Gasteiger partial charge is 0.254 e. The number of hydrogen-bond acceptors (Lipinski definition) is 6. The van der Waals surface area contributed by atoms with Gasteiger partial charge in [-0.3, -0.25) is 19.5 Å². The second-order valence-electron chi connectivity index (χ2n) is 9.28. The van der Waals surface area contributed by atoms with Crippen LogP contribution in [0.15, 0.2) is 42.6 Å². The van der Waals surface area contributed by atoms with Crippen molar-refractivity contribution in [3.05, 3.63) is 53.9 Å². The molecule has 1 aromatic heterocycles. The molecule has 1 unspecified atom stereocenters. The average Bonchev–Trinajstić information content (AvgIpc) is 3.43. The Morgan fingerprint density at radius 3 is 2.31 bits per heavy atom. The molecule has 4 rings (SSSR count). The summed E-state index contributed by atoms with van der Waals surface area (Å²) in [5.41, 5.74) is 1.53. The van der Waals surface area contributed by atoms with Gasteiger partial charge in [0.15, 0.2) is 0 Å². The molecule has 8 nitrogen and oxygen atoms in total. The van der Waals surface area contributed by atoms with Crippen LogP contribution < -0.4 is 14.8 Å². The molecule has 0 bridgehead atoms. The molecule has 1 aliphatic heterocycles. The lowest BCUT2D eigenvalue weighted by molar-refractivity contribution is -0.129. The van der Waals surface area contributed by atoms with E-state index in [-0.39, 0.29) is 17.9 Å². The number of ether oxygens (including phenoxy) is 2. The van der Waals surface area contributed by atoms with Gasteiger partial charge in [0.25, 0.3) is 5.91 Å². The molecule has 8 heteroatoms. The normalized spacial score (nSPS) is 17.7. The highest BCUT2D eigenvalue weighted by Crippen LogP contribution is 2.31. The Balaban J connectivity index is 1.37. The summed E-state index contributed by atoms with van der Waals surface area (Å²) in [5.74, 6) is 1.61. The highest BCUT2D eigenvalue weighted by atomic mass is 16.5. The molecule has 1 saturated heterocycles. The topological polar surface area (TPSA) is 84.0 Å². The Kier molecular flexibility index (Phi) is 8.58. The van der Waals surface area contributed by atoms with Gasteiger partial charge in [-0.05, 0) is 43.0 Å². The van der Waals surface area contributed by atoms with Crippen LogP contribution in [0.3, 0.4) is 0 Å². The number of hydrogen-bond donors (Lipinski definition) is 1. The van der Waals surface area contributed by atoms with Crippen LogP contribution in [0.5, 0.6) is 11.5 Å². The van der Waals surface area contributed by atoms with Crippen molar-refractivity contribution in [2.45, 2.75) is 38.1 Å². The van der Waals surface area contributed by atoms with E-state index in [1.54, 1.807) is 38.6 Å². The van der Waals surface area contributed by atoms with E-state index in [0.717, 1.165) is 25.0 Å². The van der Waals surface area contributed by atoms with Crippen LogP contribution in [-0.4, -0.2) is 79.6 Å². The summed E-state index contributed by atoms with van der Waals surface area (Å²) < 4.78 is 10.6. The second kappa shape index (κ2) is 12.0.